The molecule has 0 fully saturated rings. The zero-order valence-corrected chi connectivity index (χ0v) is 13.6. The van der Waals surface area contributed by atoms with E-state index < -0.39 is 0 Å². The second-order valence-electron chi connectivity index (χ2n) is 5.71. The Hall–Kier alpha value is -1.35. The zero-order chi connectivity index (χ0) is 15.5. The van der Waals surface area contributed by atoms with Gasteiger partial charge in [-0.15, -0.1) is 0 Å². The summed E-state index contributed by atoms with van der Waals surface area (Å²) in [7, 11) is 1.94. The van der Waals surface area contributed by atoms with Crippen molar-refractivity contribution in [3.8, 4) is 0 Å². The standard InChI is InChI=1S/C18H30N2O/c1-3-17(15-16-11-7-6-8-12-16)20(2)18(21)13-9-4-5-10-14-19/h6-8,11-12,17H,3-5,9-10,13-15,19H2,1-2H3. The number of hydrogen-bond donors (Lipinski definition) is 1. The number of amides is 1. The molecule has 118 valence electrons. The molecule has 0 radical (unpaired) electrons. The smallest absolute Gasteiger partial charge is 0.222 e. The van der Waals surface area contributed by atoms with Crippen LogP contribution in [0.15, 0.2) is 30.3 Å². The summed E-state index contributed by atoms with van der Waals surface area (Å²) in [5.41, 5.74) is 6.77. The molecule has 0 heterocycles. The van der Waals surface area contributed by atoms with Crippen LogP contribution in [0.4, 0.5) is 0 Å². The van der Waals surface area contributed by atoms with Crippen molar-refractivity contribution in [3.63, 3.8) is 0 Å². The molecule has 1 aromatic carbocycles. The molecule has 1 unspecified atom stereocenters. The maximum Gasteiger partial charge on any atom is 0.222 e. The van der Waals surface area contributed by atoms with Crippen LogP contribution in [-0.4, -0.2) is 30.4 Å². The van der Waals surface area contributed by atoms with Gasteiger partial charge in [0.15, 0.2) is 0 Å². The Kier molecular flexibility index (Phi) is 8.76. The third-order valence-electron chi connectivity index (χ3n) is 4.07. The number of nitrogens with two attached hydrogens (primary N) is 1. The summed E-state index contributed by atoms with van der Waals surface area (Å²) < 4.78 is 0. The molecule has 3 heteroatoms. The first kappa shape index (κ1) is 17.7. The molecular formula is C18H30N2O. The molecule has 0 spiro atoms. The average Bonchev–Trinajstić information content (AvgIpc) is 2.52. The lowest BCUT2D eigenvalue weighted by atomic mass is 10.0. The van der Waals surface area contributed by atoms with E-state index in [4.69, 9.17) is 5.73 Å². The second-order valence-corrected chi connectivity index (χ2v) is 5.71. The Labute approximate surface area is 129 Å². The SMILES string of the molecule is CCC(Cc1ccccc1)N(C)C(=O)CCCCCCN. The van der Waals surface area contributed by atoms with E-state index in [9.17, 15) is 4.79 Å². The van der Waals surface area contributed by atoms with Crippen LogP contribution in [0, 0.1) is 0 Å². The summed E-state index contributed by atoms with van der Waals surface area (Å²) in [6, 6.07) is 10.7. The first-order chi connectivity index (χ1) is 10.2. The van der Waals surface area contributed by atoms with Gasteiger partial charge in [-0.2, -0.15) is 0 Å². The average molecular weight is 290 g/mol. The molecule has 0 aliphatic carbocycles. The van der Waals surface area contributed by atoms with E-state index in [0.29, 0.717) is 12.5 Å². The molecule has 1 atom stereocenters. The van der Waals surface area contributed by atoms with Gasteiger partial charge < -0.3 is 10.6 Å². The lowest BCUT2D eigenvalue weighted by molar-refractivity contribution is -0.132. The number of carbonyl (C=O) groups excluding carboxylic acids is 1. The number of likely N-dealkylation sites (N-methyl/N-ethyl adjacent to an activating group) is 1. The fourth-order valence-electron chi connectivity index (χ4n) is 2.60. The first-order valence-corrected chi connectivity index (χ1v) is 8.18. The Morgan fingerprint density at radius 2 is 1.81 bits per heavy atom. The number of nitrogens with zero attached hydrogens (tertiary/aromatic N) is 1. The summed E-state index contributed by atoms with van der Waals surface area (Å²) in [6.45, 7) is 2.90. The minimum Gasteiger partial charge on any atom is -0.342 e. The van der Waals surface area contributed by atoms with Gasteiger partial charge in [0.05, 0.1) is 0 Å². The fraction of sp³-hybridized carbons (Fsp3) is 0.611. The molecule has 0 aliphatic rings. The van der Waals surface area contributed by atoms with Crippen molar-refractivity contribution in [2.45, 2.75) is 57.9 Å². The number of rotatable bonds is 10. The van der Waals surface area contributed by atoms with E-state index in [0.717, 1.165) is 45.1 Å². The van der Waals surface area contributed by atoms with Crippen LogP contribution in [0.2, 0.25) is 0 Å². The van der Waals surface area contributed by atoms with Gasteiger partial charge in [-0.05, 0) is 37.8 Å². The molecule has 0 aromatic heterocycles. The van der Waals surface area contributed by atoms with Crippen LogP contribution >= 0.6 is 0 Å². The highest BCUT2D eigenvalue weighted by atomic mass is 16.2. The normalized spacial score (nSPS) is 12.1. The first-order valence-electron chi connectivity index (χ1n) is 8.18. The summed E-state index contributed by atoms with van der Waals surface area (Å²) >= 11 is 0. The highest BCUT2D eigenvalue weighted by Gasteiger charge is 2.18. The van der Waals surface area contributed by atoms with Crippen LogP contribution in [0.5, 0.6) is 0 Å². The van der Waals surface area contributed by atoms with Crippen molar-refractivity contribution >= 4 is 5.91 Å². The van der Waals surface area contributed by atoms with Crippen LogP contribution in [0.3, 0.4) is 0 Å². The maximum atomic E-state index is 12.3. The molecule has 1 amide bonds. The van der Waals surface area contributed by atoms with Crippen LogP contribution < -0.4 is 5.73 Å². The van der Waals surface area contributed by atoms with Crippen molar-refractivity contribution in [2.75, 3.05) is 13.6 Å². The Balaban J connectivity index is 2.39. The van der Waals surface area contributed by atoms with Crippen LogP contribution in [0.1, 0.15) is 51.0 Å². The van der Waals surface area contributed by atoms with E-state index in [2.05, 4.69) is 31.2 Å². The lowest BCUT2D eigenvalue weighted by Gasteiger charge is -2.27. The highest BCUT2D eigenvalue weighted by Crippen LogP contribution is 2.13. The topological polar surface area (TPSA) is 46.3 Å². The van der Waals surface area contributed by atoms with E-state index in [-0.39, 0.29) is 5.91 Å². The molecule has 3 nitrogen and oxygen atoms in total. The van der Waals surface area contributed by atoms with Crippen molar-refractivity contribution in [1.82, 2.24) is 4.90 Å². The van der Waals surface area contributed by atoms with Crippen LogP contribution in [-0.2, 0) is 11.2 Å². The van der Waals surface area contributed by atoms with Gasteiger partial charge in [0.2, 0.25) is 5.91 Å². The Morgan fingerprint density at radius 3 is 2.43 bits per heavy atom. The minimum absolute atomic E-state index is 0.269. The molecule has 1 rings (SSSR count). The summed E-state index contributed by atoms with van der Waals surface area (Å²) in [5.74, 6) is 0.269. The molecule has 2 N–H and O–H groups in total. The van der Waals surface area contributed by atoms with Crippen LogP contribution in [0.25, 0.3) is 0 Å². The monoisotopic (exact) mass is 290 g/mol. The largest absolute Gasteiger partial charge is 0.342 e. The van der Waals surface area contributed by atoms with Crippen molar-refractivity contribution < 1.29 is 4.79 Å². The van der Waals surface area contributed by atoms with Gasteiger partial charge >= 0.3 is 0 Å². The Bertz CT molecular complexity index is 391. The van der Waals surface area contributed by atoms with Crippen molar-refractivity contribution in [1.29, 1.82) is 0 Å². The summed E-state index contributed by atoms with van der Waals surface area (Å²) in [4.78, 5) is 14.2. The van der Waals surface area contributed by atoms with Gasteiger partial charge in [-0.3, -0.25) is 4.79 Å². The van der Waals surface area contributed by atoms with Gasteiger partial charge in [0.1, 0.15) is 0 Å². The lowest BCUT2D eigenvalue weighted by Crippen LogP contribution is -2.38. The van der Waals surface area contributed by atoms with Crippen molar-refractivity contribution in [2.24, 2.45) is 5.73 Å². The quantitative estimate of drug-likeness (QED) is 0.672. The number of benzene rings is 1. The third kappa shape index (κ3) is 6.76. The van der Waals surface area contributed by atoms with Gasteiger partial charge in [-0.25, -0.2) is 0 Å². The maximum absolute atomic E-state index is 12.3. The Morgan fingerprint density at radius 1 is 1.14 bits per heavy atom. The number of hydrogen-bond acceptors (Lipinski definition) is 2. The molecular weight excluding hydrogens is 260 g/mol. The van der Waals surface area contributed by atoms with Gasteiger partial charge in [-0.1, -0.05) is 50.1 Å². The molecule has 21 heavy (non-hydrogen) atoms. The molecule has 1 aromatic rings. The molecule has 0 saturated carbocycles. The summed E-state index contributed by atoms with van der Waals surface area (Å²) in [5, 5.41) is 0. The zero-order valence-electron chi connectivity index (χ0n) is 13.6. The number of carbonyl (C=O) groups is 1. The van der Waals surface area contributed by atoms with Gasteiger partial charge in [0, 0.05) is 19.5 Å². The molecule has 0 bridgehead atoms. The van der Waals surface area contributed by atoms with E-state index in [1.54, 1.807) is 0 Å². The van der Waals surface area contributed by atoms with E-state index >= 15 is 0 Å². The molecule has 0 saturated heterocycles. The predicted octanol–water partition coefficient (Wildman–Crippen LogP) is 3.38. The third-order valence-corrected chi connectivity index (χ3v) is 4.07. The van der Waals surface area contributed by atoms with Crippen molar-refractivity contribution in [3.05, 3.63) is 35.9 Å². The van der Waals surface area contributed by atoms with E-state index in [1.165, 1.54) is 5.56 Å². The minimum atomic E-state index is 0.269. The fourth-order valence-corrected chi connectivity index (χ4v) is 2.60. The predicted molar refractivity (Wildman–Crippen MR) is 89.1 cm³/mol. The second kappa shape index (κ2) is 10.4. The number of unbranched alkanes of at least 4 members (excludes halogenated alkanes) is 3. The summed E-state index contributed by atoms with van der Waals surface area (Å²) in [6.07, 6.45) is 6.87. The molecule has 0 aliphatic heterocycles. The van der Waals surface area contributed by atoms with Gasteiger partial charge in [0.25, 0.3) is 0 Å². The van der Waals surface area contributed by atoms with E-state index in [1.807, 2.05) is 18.0 Å². The highest BCUT2D eigenvalue weighted by molar-refractivity contribution is 5.76.